The molecule has 2 aromatic rings. The number of halogens is 4. The second-order valence-corrected chi connectivity index (χ2v) is 6.73. The number of hydrogen-bond donors (Lipinski definition) is 1. The lowest BCUT2D eigenvalue weighted by Crippen LogP contribution is -2.50. The summed E-state index contributed by atoms with van der Waals surface area (Å²) < 4.78 is 38.6. The SMILES string of the molecule is FC(F)(F)c1cccc(N2CCN(C(=S)Nc3ccccc3Cl)CC2)c1. The van der Waals surface area contributed by atoms with E-state index in [1.54, 1.807) is 12.1 Å². The highest BCUT2D eigenvalue weighted by molar-refractivity contribution is 7.80. The Balaban J connectivity index is 1.61. The van der Waals surface area contributed by atoms with Crippen LogP contribution in [-0.2, 0) is 6.18 Å². The molecule has 0 atom stereocenters. The van der Waals surface area contributed by atoms with Gasteiger partial charge in [0.25, 0.3) is 0 Å². The van der Waals surface area contributed by atoms with Gasteiger partial charge in [-0.05, 0) is 42.5 Å². The van der Waals surface area contributed by atoms with Crippen molar-refractivity contribution in [1.82, 2.24) is 4.90 Å². The van der Waals surface area contributed by atoms with Crippen LogP contribution in [0.4, 0.5) is 24.5 Å². The van der Waals surface area contributed by atoms with Gasteiger partial charge in [-0.25, -0.2) is 0 Å². The second-order valence-electron chi connectivity index (χ2n) is 5.93. The van der Waals surface area contributed by atoms with Crippen LogP contribution in [0.5, 0.6) is 0 Å². The van der Waals surface area contributed by atoms with Crippen LogP contribution in [0, 0.1) is 0 Å². The molecule has 3 nitrogen and oxygen atoms in total. The molecule has 1 heterocycles. The molecule has 0 bridgehead atoms. The fourth-order valence-corrected chi connectivity index (χ4v) is 3.28. The van der Waals surface area contributed by atoms with Crippen molar-refractivity contribution in [3.8, 4) is 0 Å². The van der Waals surface area contributed by atoms with E-state index < -0.39 is 11.7 Å². The van der Waals surface area contributed by atoms with E-state index in [2.05, 4.69) is 5.32 Å². The lowest BCUT2D eigenvalue weighted by atomic mass is 10.1. The second kappa shape index (κ2) is 7.72. The summed E-state index contributed by atoms with van der Waals surface area (Å²) in [6, 6.07) is 12.7. The van der Waals surface area contributed by atoms with Crippen LogP contribution >= 0.6 is 23.8 Å². The van der Waals surface area contributed by atoms with Crippen LogP contribution in [0.1, 0.15) is 5.56 Å². The molecule has 2 aromatic carbocycles. The molecule has 1 aliphatic heterocycles. The molecular formula is C18H17ClF3N3S. The molecular weight excluding hydrogens is 383 g/mol. The lowest BCUT2D eigenvalue weighted by Gasteiger charge is -2.37. The topological polar surface area (TPSA) is 18.5 Å². The third-order valence-corrected chi connectivity index (χ3v) is 4.91. The fraction of sp³-hybridized carbons (Fsp3) is 0.278. The van der Waals surface area contributed by atoms with E-state index >= 15 is 0 Å². The summed E-state index contributed by atoms with van der Waals surface area (Å²) >= 11 is 11.6. The lowest BCUT2D eigenvalue weighted by molar-refractivity contribution is -0.137. The Bertz CT molecular complexity index is 789. The van der Waals surface area contributed by atoms with Crippen molar-refractivity contribution in [3.63, 3.8) is 0 Å². The third-order valence-electron chi connectivity index (χ3n) is 4.22. The zero-order chi connectivity index (χ0) is 18.7. The third kappa shape index (κ3) is 4.40. The van der Waals surface area contributed by atoms with Crippen molar-refractivity contribution in [2.45, 2.75) is 6.18 Å². The number of para-hydroxylation sites is 1. The van der Waals surface area contributed by atoms with E-state index in [0.717, 1.165) is 11.8 Å². The van der Waals surface area contributed by atoms with Gasteiger partial charge in [0, 0.05) is 31.9 Å². The summed E-state index contributed by atoms with van der Waals surface area (Å²) in [5.41, 5.74) is 0.678. The predicted molar refractivity (Wildman–Crippen MR) is 103 cm³/mol. The number of alkyl halides is 3. The first kappa shape index (κ1) is 18.8. The first-order valence-electron chi connectivity index (χ1n) is 8.07. The Morgan fingerprint density at radius 2 is 1.69 bits per heavy atom. The van der Waals surface area contributed by atoms with Crippen LogP contribution in [0.25, 0.3) is 0 Å². The summed E-state index contributed by atoms with van der Waals surface area (Å²) in [6.07, 6.45) is -4.34. The zero-order valence-corrected chi connectivity index (χ0v) is 15.3. The molecule has 0 spiro atoms. The van der Waals surface area contributed by atoms with Crippen LogP contribution in [-0.4, -0.2) is 36.2 Å². The molecule has 1 N–H and O–H groups in total. The molecule has 138 valence electrons. The standard InChI is InChI=1S/C18H17ClF3N3S/c19-15-6-1-2-7-16(15)23-17(26)25-10-8-24(9-11-25)14-5-3-4-13(12-14)18(20,21)22/h1-7,12H,8-11H2,(H,23,26). The Morgan fingerprint density at radius 1 is 1.00 bits per heavy atom. The smallest absolute Gasteiger partial charge is 0.368 e. The van der Waals surface area contributed by atoms with Crippen molar-refractivity contribution in [3.05, 3.63) is 59.1 Å². The normalized spacial score (nSPS) is 15.1. The van der Waals surface area contributed by atoms with Crippen molar-refractivity contribution >= 4 is 40.3 Å². The number of benzene rings is 2. The molecule has 1 fully saturated rings. The van der Waals surface area contributed by atoms with Gasteiger partial charge >= 0.3 is 6.18 Å². The van der Waals surface area contributed by atoms with Gasteiger partial charge in [-0.15, -0.1) is 0 Å². The first-order chi connectivity index (χ1) is 12.3. The number of rotatable bonds is 2. The number of nitrogens with one attached hydrogen (secondary N) is 1. The van der Waals surface area contributed by atoms with Crippen LogP contribution < -0.4 is 10.2 Å². The highest BCUT2D eigenvalue weighted by Crippen LogP contribution is 2.32. The van der Waals surface area contributed by atoms with Crippen LogP contribution in [0.15, 0.2) is 48.5 Å². The summed E-state index contributed by atoms with van der Waals surface area (Å²) in [5, 5.41) is 4.26. The molecule has 0 radical (unpaired) electrons. The van der Waals surface area contributed by atoms with Crippen molar-refractivity contribution in [2.24, 2.45) is 0 Å². The highest BCUT2D eigenvalue weighted by Gasteiger charge is 2.31. The summed E-state index contributed by atoms with van der Waals surface area (Å²) in [6.45, 7) is 2.41. The van der Waals surface area contributed by atoms with E-state index in [0.29, 0.717) is 42.0 Å². The quantitative estimate of drug-likeness (QED) is 0.725. The average Bonchev–Trinajstić information content (AvgIpc) is 2.63. The molecule has 8 heteroatoms. The van der Waals surface area contributed by atoms with Gasteiger partial charge < -0.3 is 15.1 Å². The van der Waals surface area contributed by atoms with E-state index in [1.807, 2.05) is 28.0 Å². The summed E-state index contributed by atoms with van der Waals surface area (Å²) in [5.74, 6) is 0. The minimum atomic E-state index is -4.34. The molecule has 3 rings (SSSR count). The number of anilines is 2. The largest absolute Gasteiger partial charge is 0.416 e. The number of nitrogens with zero attached hydrogens (tertiary/aromatic N) is 2. The van der Waals surface area contributed by atoms with Crippen molar-refractivity contribution in [1.29, 1.82) is 0 Å². The minimum absolute atomic E-state index is 0.557. The van der Waals surface area contributed by atoms with E-state index in [-0.39, 0.29) is 0 Å². The monoisotopic (exact) mass is 399 g/mol. The van der Waals surface area contributed by atoms with Gasteiger partial charge in [-0.3, -0.25) is 0 Å². The van der Waals surface area contributed by atoms with Crippen molar-refractivity contribution in [2.75, 3.05) is 36.4 Å². The Labute approximate surface area is 160 Å². The Kier molecular flexibility index (Phi) is 5.58. The molecule has 26 heavy (non-hydrogen) atoms. The van der Waals surface area contributed by atoms with E-state index in [1.165, 1.54) is 12.1 Å². The van der Waals surface area contributed by atoms with Gasteiger partial charge in [0.15, 0.2) is 5.11 Å². The molecule has 0 unspecified atom stereocenters. The first-order valence-corrected chi connectivity index (χ1v) is 8.86. The Morgan fingerprint density at radius 3 is 2.35 bits per heavy atom. The summed E-state index contributed by atoms with van der Waals surface area (Å²) in [4.78, 5) is 3.92. The van der Waals surface area contributed by atoms with Crippen molar-refractivity contribution < 1.29 is 13.2 Å². The van der Waals surface area contributed by atoms with Gasteiger partial charge in [-0.2, -0.15) is 13.2 Å². The maximum absolute atomic E-state index is 12.9. The number of hydrogen-bond acceptors (Lipinski definition) is 2. The highest BCUT2D eigenvalue weighted by atomic mass is 35.5. The fourth-order valence-electron chi connectivity index (χ4n) is 2.80. The number of piperazine rings is 1. The molecule has 0 aromatic heterocycles. The number of thiocarbonyl (C=S) groups is 1. The zero-order valence-electron chi connectivity index (χ0n) is 13.8. The van der Waals surface area contributed by atoms with Crippen LogP contribution in [0.3, 0.4) is 0 Å². The van der Waals surface area contributed by atoms with Gasteiger partial charge in [0.05, 0.1) is 16.3 Å². The Hall–Kier alpha value is -1.99. The molecule has 1 aliphatic rings. The maximum atomic E-state index is 12.9. The molecule has 0 aliphatic carbocycles. The van der Waals surface area contributed by atoms with Crippen LogP contribution in [0.2, 0.25) is 5.02 Å². The minimum Gasteiger partial charge on any atom is -0.368 e. The molecule has 1 saturated heterocycles. The van der Waals surface area contributed by atoms with E-state index in [9.17, 15) is 13.2 Å². The van der Waals surface area contributed by atoms with Gasteiger partial charge in [-0.1, -0.05) is 29.8 Å². The van der Waals surface area contributed by atoms with E-state index in [4.69, 9.17) is 23.8 Å². The average molecular weight is 400 g/mol. The maximum Gasteiger partial charge on any atom is 0.416 e. The molecule has 0 saturated carbocycles. The van der Waals surface area contributed by atoms with Gasteiger partial charge in [0.2, 0.25) is 0 Å². The summed E-state index contributed by atoms with van der Waals surface area (Å²) in [7, 11) is 0. The predicted octanol–water partition coefficient (Wildman–Crippen LogP) is 4.88. The molecule has 0 amide bonds. The van der Waals surface area contributed by atoms with Gasteiger partial charge in [0.1, 0.15) is 0 Å².